The van der Waals surface area contributed by atoms with Crippen molar-refractivity contribution in [3.63, 3.8) is 0 Å². The van der Waals surface area contributed by atoms with E-state index in [1.54, 1.807) is 10.8 Å². The maximum absolute atomic E-state index is 14.2. The number of aryl methyl sites for hydroxylation is 1. The number of nitrogens with two attached hydrogens (primary N) is 1. The van der Waals surface area contributed by atoms with E-state index in [9.17, 15) is 10.1 Å². The first-order valence-electron chi connectivity index (χ1n) is 11.4. The van der Waals surface area contributed by atoms with Gasteiger partial charge in [-0.1, -0.05) is 36.4 Å². The van der Waals surface area contributed by atoms with Crippen molar-refractivity contribution in [2.45, 2.75) is 19.9 Å². The number of pyridine rings is 2. The van der Waals surface area contributed by atoms with Crippen LogP contribution in [0.25, 0.3) is 27.6 Å². The molecular weight excluding hydrogens is 450 g/mol. The van der Waals surface area contributed by atoms with Crippen LogP contribution < -0.4 is 16.6 Å². The number of benzene rings is 2. The van der Waals surface area contributed by atoms with Gasteiger partial charge < -0.3 is 11.1 Å². The summed E-state index contributed by atoms with van der Waals surface area (Å²) in [5.41, 5.74) is 9.98. The third-order valence-corrected chi connectivity index (χ3v) is 6.02. The van der Waals surface area contributed by atoms with Gasteiger partial charge in [0.15, 0.2) is 0 Å². The highest BCUT2D eigenvalue weighted by molar-refractivity contribution is 5.96. The molecule has 0 saturated carbocycles. The summed E-state index contributed by atoms with van der Waals surface area (Å²) in [6, 6.07) is 22.9. The lowest BCUT2D eigenvalue weighted by molar-refractivity contribution is 0.772. The van der Waals surface area contributed by atoms with E-state index in [4.69, 9.17) is 5.73 Å². The number of nitrogens with one attached hydrogen (secondary N) is 1. The van der Waals surface area contributed by atoms with Crippen molar-refractivity contribution < 1.29 is 0 Å². The summed E-state index contributed by atoms with van der Waals surface area (Å²) in [6.07, 6.45) is 3.13. The van der Waals surface area contributed by atoms with Crippen LogP contribution >= 0.6 is 0 Å². The van der Waals surface area contributed by atoms with Gasteiger partial charge in [0.2, 0.25) is 5.95 Å². The number of fused-ring (bicyclic) bond motifs is 1. The fourth-order valence-electron chi connectivity index (χ4n) is 4.36. The summed E-state index contributed by atoms with van der Waals surface area (Å²) >= 11 is 0. The summed E-state index contributed by atoms with van der Waals surface area (Å²) in [4.78, 5) is 26.6. The van der Waals surface area contributed by atoms with E-state index in [0.717, 1.165) is 27.9 Å². The van der Waals surface area contributed by atoms with E-state index in [2.05, 4.69) is 26.3 Å². The Morgan fingerprint density at radius 1 is 1.06 bits per heavy atom. The van der Waals surface area contributed by atoms with Crippen LogP contribution in [0.1, 0.15) is 29.9 Å². The van der Waals surface area contributed by atoms with Crippen molar-refractivity contribution in [3.05, 3.63) is 106 Å². The quantitative estimate of drug-likeness (QED) is 0.377. The molecule has 5 rings (SSSR count). The van der Waals surface area contributed by atoms with E-state index >= 15 is 0 Å². The van der Waals surface area contributed by atoms with Crippen LogP contribution in [0, 0.1) is 18.3 Å². The third kappa shape index (κ3) is 4.14. The van der Waals surface area contributed by atoms with E-state index in [-0.39, 0.29) is 17.1 Å². The van der Waals surface area contributed by atoms with Gasteiger partial charge in [0, 0.05) is 23.3 Å². The van der Waals surface area contributed by atoms with Gasteiger partial charge in [-0.25, -0.2) is 4.98 Å². The number of para-hydroxylation sites is 1. The molecule has 0 spiro atoms. The van der Waals surface area contributed by atoms with Gasteiger partial charge in [0.05, 0.1) is 17.6 Å². The molecule has 0 radical (unpaired) electrons. The Balaban J connectivity index is 1.75. The average molecular weight is 474 g/mol. The Labute approximate surface area is 207 Å². The van der Waals surface area contributed by atoms with Crippen molar-refractivity contribution in [1.29, 1.82) is 5.26 Å². The Morgan fingerprint density at radius 3 is 2.61 bits per heavy atom. The minimum atomic E-state index is -0.393. The zero-order valence-electron chi connectivity index (χ0n) is 19.8. The molecule has 5 aromatic rings. The fourth-order valence-corrected chi connectivity index (χ4v) is 4.36. The lowest BCUT2D eigenvalue weighted by Gasteiger charge is -2.22. The van der Waals surface area contributed by atoms with Gasteiger partial charge in [-0.2, -0.15) is 10.2 Å². The first kappa shape index (κ1) is 22.7. The topological polar surface area (TPSA) is 123 Å². The zero-order chi connectivity index (χ0) is 25.2. The first-order valence-corrected chi connectivity index (χ1v) is 11.4. The predicted octanol–water partition coefficient (Wildman–Crippen LogP) is 4.78. The minimum Gasteiger partial charge on any atom is -0.368 e. The Hall–Kier alpha value is -5.03. The number of nitrogen functional groups attached to an aromatic ring is 1. The number of aromatic nitrogens is 4. The number of anilines is 2. The third-order valence-electron chi connectivity index (χ3n) is 6.02. The van der Waals surface area contributed by atoms with Gasteiger partial charge in [-0.15, -0.1) is 0 Å². The second-order valence-corrected chi connectivity index (χ2v) is 8.47. The molecule has 176 valence electrons. The summed E-state index contributed by atoms with van der Waals surface area (Å²) < 4.78 is 1.70. The molecule has 0 aliphatic rings. The molecule has 2 aromatic carbocycles. The van der Waals surface area contributed by atoms with Gasteiger partial charge in [-0.05, 0) is 60.7 Å². The second-order valence-electron chi connectivity index (χ2n) is 8.47. The Morgan fingerprint density at radius 2 is 1.86 bits per heavy atom. The van der Waals surface area contributed by atoms with Crippen molar-refractivity contribution in [2.75, 3.05) is 11.1 Å². The summed E-state index contributed by atoms with van der Waals surface area (Å²) in [7, 11) is 0. The molecule has 3 aromatic heterocycles. The Bertz CT molecular complexity index is 1690. The van der Waals surface area contributed by atoms with Crippen LogP contribution in [-0.2, 0) is 0 Å². The lowest BCUT2D eigenvalue weighted by Crippen LogP contribution is -2.26. The summed E-state index contributed by atoms with van der Waals surface area (Å²) in [5.74, 6) is 0.366. The highest BCUT2D eigenvalue weighted by Gasteiger charge is 2.20. The van der Waals surface area contributed by atoms with E-state index in [1.165, 1.54) is 6.20 Å². The largest absolute Gasteiger partial charge is 0.368 e. The van der Waals surface area contributed by atoms with Crippen molar-refractivity contribution >= 4 is 22.5 Å². The van der Waals surface area contributed by atoms with E-state index in [1.807, 2.05) is 80.6 Å². The average Bonchev–Trinajstić information content (AvgIpc) is 2.89. The Kier molecular flexibility index (Phi) is 5.88. The van der Waals surface area contributed by atoms with Gasteiger partial charge in [0.25, 0.3) is 5.56 Å². The molecule has 8 nitrogen and oxygen atoms in total. The van der Waals surface area contributed by atoms with E-state index in [0.29, 0.717) is 16.9 Å². The SMILES string of the molecule is Cc1cc(-c2cccc3cc(C(C)Nc4nc(N)ncc4C#N)n(-c4ccccc4)c(=O)c23)ccn1. The molecule has 0 fully saturated rings. The van der Waals surface area contributed by atoms with Gasteiger partial charge in [0.1, 0.15) is 17.5 Å². The first-order chi connectivity index (χ1) is 17.5. The highest BCUT2D eigenvalue weighted by Crippen LogP contribution is 2.30. The van der Waals surface area contributed by atoms with Gasteiger partial charge in [-0.3, -0.25) is 14.3 Å². The number of hydrogen-bond acceptors (Lipinski definition) is 7. The second kappa shape index (κ2) is 9.31. The number of nitriles is 1. The highest BCUT2D eigenvalue weighted by atomic mass is 16.1. The molecule has 0 aliphatic carbocycles. The van der Waals surface area contributed by atoms with Crippen LogP contribution in [0.15, 0.2) is 83.9 Å². The molecule has 0 amide bonds. The summed E-state index contributed by atoms with van der Waals surface area (Å²) in [6.45, 7) is 3.84. The number of rotatable bonds is 5. The van der Waals surface area contributed by atoms with E-state index < -0.39 is 6.04 Å². The monoisotopic (exact) mass is 473 g/mol. The molecule has 1 unspecified atom stereocenters. The number of nitrogens with zero attached hydrogens (tertiary/aromatic N) is 5. The molecule has 1 atom stereocenters. The maximum Gasteiger partial charge on any atom is 0.263 e. The normalized spacial score (nSPS) is 11.7. The van der Waals surface area contributed by atoms with Crippen LogP contribution in [-0.4, -0.2) is 19.5 Å². The molecule has 0 saturated heterocycles. The predicted molar refractivity (Wildman–Crippen MR) is 141 cm³/mol. The van der Waals surface area contributed by atoms with Crippen LogP contribution in [0.2, 0.25) is 0 Å². The number of hydrogen-bond donors (Lipinski definition) is 2. The van der Waals surface area contributed by atoms with Crippen LogP contribution in [0.5, 0.6) is 0 Å². The van der Waals surface area contributed by atoms with Crippen molar-refractivity contribution in [2.24, 2.45) is 0 Å². The van der Waals surface area contributed by atoms with Crippen molar-refractivity contribution in [3.8, 4) is 22.9 Å². The minimum absolute atomic E-state index is 0.0555. The van der Waals surface area contributed by atoms with Crippen LogP contribution in [0.4, 0.5) is 11.8 Å². The van der Waals surface area contributed by atoms with Crippen molar-refractivity contribution in [1.82, 2.24) is 19.5 Å². The molecule has 36 heavy (non-hydrogen) atoms. The lowest BCUT2D eigenvalue weighted by atomic mass is 9.98. The molecular formula is C28H23N7O. The zero-order valence-corrected chi connectivity index (χ0v) is 19.8. The molecule has 0 bridgehead atoms. The fraction of sp³-hybridized carbons (Fsp3) is 0.107. The van der Waals surface area contributed by atoms with Gasteiger partial charge >= 0.3 is 0 Å². The standard InChI is InChI=1S/C28H23N7O/c1-17-13-19(11-12-31-17)23-10-6-7-20-14-24(18(2)33-26-21(15-29)16-32-28(30)34-26)35(27(36)25(20)23)22-8-4-3-5-9-22/h3-14,16,18H,1-2H3,(H3,30,32,33,34). The van der Waals surface area contributed by atoms with Crippen LogP contribution in [0.3, 0.4) is 0 Å². The molecule has 3 heterocycles. The smallest absolute Gasteiger partial charge is 0.263 e. The summed E-state index contributed by atoms with van der Waals surface area (Å²) in [5, 5.41) is 14.2. The maximum atomic E-state index is 14.2. The molecule has 8 heteroatoms. The molecule has 3 N–H and O–H groups in total. The molecule has 0 aliphatic heterocycles.